The summed E-state index contributed by atoms with van der Waals surface area (Å²) in [6.45, 7) is 0.752. The van der Waals surface area contributed by atoms with Gasteiger partial charge in [0.2, 0.25) is 11.8 Å². The first-order valence-electron chi connectivity index (χ1n) is 14.7. The number of benzene rings is 2. The molecular weight excluding hydrogens is 564 g/mol. The molecule has 0 aliphatic carbocycles. The number of aromatic amines is 1. The van der Waals surface area contributed by atoms with Gasteiger partial charge in [0.05, 0.1) is 27.2 Å². The van der Waals surface area contributed by atoms with Gasteiger partial charge in [-0.15, -0.1) is 0 Å². The van der Waals surface area contributed by atoms with E-state index in [-0.39, 0.29) is 37.4 Å². The van der Waals surface area contributed by atoms with E-state index in [0.717, 1.165) is 16.9 Å². The van der Waals surface area contributed by atoms with Crippen molar-refractivity contribution in [1.82, 2.24) is 25.1 Å². The molecule has 5 rings (SSSR count). The normalized spacial score (nSPS) is 16.6. The lowest BCUT2D eigenvalue weighted by molar-refractivity contribution is -0.147. The van der Waals surface area contributed by atoms with Crippen LogP contribution in [0, 0.1) is 0 Å². The molecule has 1 atom stereocenters. The quantitative estimate of drug-likeness (QED) is 0.318. The lowest BCUT2D eigenvalue weighted by Gasteiger charge is -2.44. The molecule has 44 heavy (non-hydrogen) atoms. The van der Waals surface area contributed by atoms with Gasteiger partial charge < -0.3 is 34.5 Å². The summed E-state index contributed by atoms with van der Waals surface area (Å²) in [5, 5.41) is 2.96. The first kappa shape index (κ1) is 30.6. The summed E-state index contributed by atoms with van der Waals surface area (Å²) in [7, 11) is 2.89. The molecule has 2 fully saturated rings. The fourth-order valence-electron chi connectivity index (χ4n) is 5.99. The van der Waals surface area contributed by atoms with E-state index in [1.807, 2.05) is 59.5 Å². The number of para-hydroxylation sites is 1. The maximum absolute atomic E-state index is 14.0. The van der Waals surface area contributed by atoms with Gasteiger partial charge in [-0.25, -0.2) is 4.98 Å². The Hall–Kier alpha value is -4.87. The third-order valence-electron chi connectivity index (χ3n) is 8.44. The number of H-pyrrole nitrogens is 1. The maximum atomic E-state index is 14.0. The molecule has 12 heteroatoms. The summed E-state index contributed by atoms with van der Waals surface area (Å²) < 4.78 is 10.1. The van der Waals surface area contributed by atoms with E-state index < -0.39 is 17.6 Å². The summed E-state index contributed by atoms with van der Waals surface area (Å²) in [4.78, 5) is 65.2. The number of aromatic nitrogens is 2. The zero-order chi connectivity index (χ0) is 31.1. The van der Waals surface area contributed by atoms with Crippen LogP contribution in [0.3, 0.4) is 0 Å². The Morgan fingerprint density at radius 1 is 1.05 bits per heavy atom. The number of nitrogens with one attached hydrogen (secondary N) is 2. The number of nitrogens with zero attached hydrogens (tertiary/aromatic N) is 4. The highest BCUT2D eigenvalue weighted by Crippen LogP contribution is 2.39. The number of amides is 3. The number of carbonyl (C=O) groups is 4. The summed E-state index contributed by atoms with van der Waals surface area (Å²) in [6.07, 6.45) is 4.99. The zero-order valence-electron chi connectivity index (χ0n) is 25.0. The molecule has 3 aromatic rings. The smallest absolute Gasteiger partial charge is 0.325 e. The van der Waals surface area contributed by atoms with Gasteiger partial charge in [-0.05, 0) is 49.1 Å². The minimum absolute atomic E-state index is 0.141. The standard InChI is InChI=1S/C32H38N6O6/c1-43-26-11-8-23(9-12-26)18-27(35-28(39)13-10-24-19-33-21-34-24)30(41)36-16-14-32(15-17-36)31(42)37(20-29(40)44-2)22-38(32)25-6-4-3-5-7-25/h3-9,11-12,19,21,27H,10,13-18,20,22H2,1-2H3,(H,33,34)(H,35,39)/t27-/m1/s1. The molecule has 232 valence electrons. The maximum Gasteiger partial charge on any atom is 0.325 e. The molecule has 3 amide bonds. The Balaban J connectivity index is 1.32. The number of imidazole rings is 1. The van der Waals surface area contributed by atoms with Crippen molar-refractivity contribution >= 4 is 29.4 Å². The molecule has 2 aromatic carbocycles. The van der Waals surface area contributed by atoms with E-state index in [0.29, 0.717) is 44.5 Å². The van der Waals surface area contributed by atoms with Gasteiger partial charge in [-0.1, -0.05) is 30.3 Å². The first-order chi connectivity index (χ1) is 21.3. The Labute approximate surface area is 256 Å². The minimum atomic E-state index is -0.898. The summed E-state index contributed by atoms with van der Waals surface area (Å²) in [5.41, 5.74) is 1.69. The van der Waals surface area contributed by atoms with E-state index in [1.165, 1.54) is 12.0 Å². The van der Waals surface area contributed by atoms with E-state index in [4.69, 9.17) is 9.47 Å². The van der Waals surface area contributed by atoms with Crippen LogP contribution in [0.5, 0.6) is 5.75 Å². The molecule has 12 nitrogen and oxygen atoms in total. The van der Waals surface area contributed by atoms with Crippen molar-refractivity contribution in [2.24, 2.45) is 0 Å². The van der Waals surface area contributed by atoms with Gasteiger partial charge in [0, 0.05) is 43.5 Å². The lowest BCUT2D eigenvalue weighted by Crippen LogP contribution is -2.59. The summed E-state index contributed by atoms with van der Waals surface area (Å²) in [5.74, 6) is -0.373. The van der Waals surface area contributed by atoms with Gasteiger partial charge in [0.15, 0.2) is 0 Å². The van der Waals surface area contributed by atoms with Crippen molar-refractivity contribution in [2.45, 2.75) is 43.7 Å². The molecule has 3 heterocycles. The zero-order valence-corrected chi connectivity index (χ0v) is 25.0. The number of likely N-dealkylation sites (tertiary alicyclic amines) is 1. The Kier molecular flexibility index (Phi) is 9.47. The third kappa shape index (κ3) is 6.69. The second-order valence-electron chi connectivity index (χ2n) is 11.1. The van der Waals surface area contributed by atoms with Crippen molar-refractivity contribution in [1.29, 1.82) is 0 Å². The fourth-order valence-corrected chi connectivity index (χ4v) is 5.99. The number of piperidine rings is 1. The molecule has 2 saturated heterocycles. The molecule has 1 aromatic heterocycles. The monoisotopic (exact) mass is 602 g/mol. The molecule has 1 spiro atoms. The molecule has 2 N–H and O–H groups in total. The number of hydrogen-bond acceptors (Lipinski definition) is 8. The SMILES string of the molecule is COC(=O)CN1CN(c2ccccc2)C2(CCN(C(=O)[C@@H](Cc3ccc(OC)cc3)NC(=O)CCc3cnc[nH]3)CC2)C1=O. The van der Waals surface area contributed by atoms with Crippen LogP contribution in [-0.2, 0) is 36.8 Å². The molecule has 0 unspecified atom stereocenters. The Bertz CT molecular complexity index is 1440. The number of ether oxygens (including phenoxy) is 2. The molecule has 2 aliphatic rings. The summed E-state index contributed by atoms with van der Waals surface area (Å²) >= 11 is 0. The predicted octanol–water partition coefficient (Wildman–Crippen LogP) is 1.92. The Morgan fingerprint density at radius 3 is 2.41 bits per heavy atom. The number of anilines is 1. The van der Waals surface area contributed by atoms with Crippen LogP contribution in [0.2, 0.25) is 0 Å². The minimum Gasteiger partial charge on any atom is -0.497 e. The number of carbonyl (C=O) groups excluding carboxylic acids is 4. The van der Waals surface area contributed by atoms with Gasteiger partial charge in [0.25, 0.3) is 5.91 Å². The molecule has 2 aliphatic heterocycles. The highest BCUT2D eigenvalue weighted by atomic mass is 16.5. The summed E-state index contributed by atoms with van der Waals surface area (Å²) in [6, 6.07) is 16.2. The van der Waals surface area contributed by atoms with E-state index in [1.54, 1.807) is 24.5 Å². The lowest BCUT2D eigenvalue weighted by atomic mass is 9.85. The number of methoxy groups -OCH3 is 2. The van der Waals surface area contributed by atoms with Gasteiger partial charge >= 0.3 is 5.97 Å². The first-order valence-corrected chi connectivity index (χ1v) is 14.7. The molecule has 0 radical (unpaired) electrons. The van der Waals surface area contributed by atoms with Crippen molar-refractivity contribution in [2.75, 3.05) is 45.4 Å². The number of hydrogen-bond donors (Lipinski definition) is 2. The van der Waals surface area contributed by atoms with Crippen molar-refractivity contribution in [3.63, 3.8) is 0 Å². The average molecular weight is 603 g/mol. The van der Waals surface area contributed by atoms with Crippen LogP contribution in [0.15, 0.2) is 67.1 Å². The van der Waals surface area contributed by atoms with Crippen LogP contribution in [0.25, 0.3) is 0 Å². The average Bonchev–Trinajstić information content (AvgIpc) is 3.67. The van der Waals surface area contributed by atoms with Gasteiger partial charge in [0.1, 0.15) is 23.9 Å². The van der Waals surface area contributed by atoms with Crippen LogP contribution in [0.4, 0.5) is 5.69 Å². The Morgan fingerprint density at radius 2 is 1.77 bits per heavy atom. The van der Waals surface area contributed by atoms with Crippen LogP contribution >= 0.6 is 0 Å². The largest absolute Gasteiger partial charge is 0.497 e. The van der Waals surface area contributed by atoms with E-state index in [2.05, 4.69) is 15.3 Å². The van der Waals surface area contributed by atoms with Crippen molar-refractivity contribution < 1.29 is 28.7 Å². The van der Waals surface area contributed by atoms with Gasteiger partial charge in [-0.2, -0.15) is 0 Å². The molecule has 0 bridgehead atoms. The number of aryl methyl sites for hydroxylation is 1. The van der Waals surface area contributed by atoms with Crippen LogP contribution in [-0.4, -0.2) is 95.6 Å². The van der Waals surface area contributed by atoms with Crippen molar-refractivity contribution in [3.8, 4) is 5.75 Å². The third-order valence-corrected chi connectivity index (χ3v) is 8.44. The van der Waals surface area contributed by atoms with Crippen LogP contribution in [0.1, 0.15) is 30.5 Å². The van der Waals surface area contributed by atoms with E-state index >= 15 is 0 Å². The highest BCUT2D eigenvalue weighted by Gasteiger charge is 2.54. The number of rotatable bonds is 11. The molecular formula is C32H38N6O6. The second-order valence-corrected chi connectivity index (χ2v) is 11.1. The van der Waals surface area contributed by atoms with Crippen LogP contribution < -0.4 is 15.0 Å². The predicted molar refractivity (Wildman–Crippen MR) is 162 cm³/mol. The second kappa shape index (κ2) is 13.6. The number of esters is 1. The van der Waals surface area contributed by atoms with Crippen molar-refractivity contribution in [3.05, 3.63) is 78.4 Å². The topological polar surface area (TPSA) is 137 Å². The highest BCUT2D eigenvalue weighted by molar-refractivity contribution is 5.96. The fraction of sp³-hybridized carbons (Fsp3) is 0.406. The van der Waals surface area contributed by atoms with Gasteiger partial charge in [-0.3, -0.25) is 19.2 Å². The molecule has 0 saturated carbocycles. The van der Waals surface area contributed by atoms with E-state index in [9.17, 15) is 19.2 Å².